The summed E-state index contributed by atoms with van der Waals surface area (Å²) in [5.41, 5.74) is 1.21. The van der Waals surface area contributed by atoms with Crippen LogP contribution in [-0.2, 0) is 11.3 Å². The van der Waals surface area contributed by atoms with E-state index in [0.29, 0.717) is 0 Å². The summed E-state index contributed by atoms with van der Waals surface area (Å²) < 4.78 is 0. The Morgan fingerprint density at radius 3 is 3.11 bits per heavy atom. The first-order chi connectivity index (χ1) is 8.70. The molecule has 0 amide bonds. The molecule has 1 N–H and O–H groups in total. The molecule has 1 saturated heterocycles. The Balaban J connectivity index is 2.04. The zero-order chi connectivity index (χ0) is 13.0. The van der Waals surface area contributed by atoms with Crippen LogP contribution in [0.2, 0.25) is 0 Å². The Kier molecular flexibility index (Phi) is 4.66. The van der Waals surface area contributed by atoms with Crippen molar-refractivity contribution in [1.29, 1.82) is 0 Å². The van der Waals surface area contributed by atoms with E-state index in [-0.39, 0.29) is 6.04 Å². The van der Waals surface area contributed by atoms with Crippen molar-refractivity contribution in [2.75, 3.05) is 12.3 Å². The summed E-state index contributed by atoms with van der Waals surface area (Å²) >= 11 is 1.82. The van der Waals surface area contributed by atoms with Gasteiger partial charge >= 0.3 is 5.97 Å². The lowest BCUT2D eigenvalue weighted by molar-refractivity contribution is -0.142. The number of hydrogen-bond acceptors (Lipinski definition) is 3. The van der Waals surface area contributed by atoms with E-state index in [1.807, 2.05) is 11.8 Å². The molecule has 1 atom stereocenters. The first-order valence-electron chi connectivity index (χ1n) is 6.39. The summed E-state index contributed by atoms with van der Waals surface area (Å²) in [6.07, 6.45) is 1.76. The molecule has 2 rings (SSSR count). The molecule has 1 heterocycles. The second-order valence-corrected chi connectivity index (χ2v) is 5.88. The van der Waals surface area contributed by atoms with E-state index in [2.05, 4.69) is 36.1 Å². The maximum absolute atomic E-state index is 11.1. The van der Waals surface area contributed by atoms with Gasteiger partial charge in [-0.15, -0.1) is 11.8 Å². The highest BCUT2D eigenvalue weighted by atomic mass is 32.2. The Morgan fingerprint density at radius 2 is 2.39 bits per heavy atom. The lowest BCUT2D eigenvalue weighted by Gasteiger charge is -2.21. The van der Waals surface area contributed by atoms with Crippen LogP contribution in [-0.4, -0.2) is 34.3 Å². The first kappa shape index (κ1) is 13.4. The monoisotopic (exact) mass is 265 g/mol. The number of rotatable bonds is 5. The fourth-order valence-corrected chi connectivity index (χ4v) is 3.17. The van der Waals surface area contributed by atoms with Gasteiger partial charge in [-0.1, -0.05) is 19.1 Å². The van der Waals surface area contributed by atoms with E-state index in [1.54, 1.807) is 0 Å². The summed E-state index contributed by atoms with van der Waals surface area (Å²) in [6, 6.07) is 8.12. The van der Waals surface area contributed by atoms with Gasteiger partial charge in [0.2, 0.25) is 0 Å². The van der Waals surface area contributed by atoms with Crippen LogP contribution in [0.15, 0.2) is 29.2 Å². The lowest BCUT2D eigenvalue weighted by atomic mass is 10.2. The van der Waals surface area contributed by atoms with Crippen molar-refractivity contribution < 1.29 is 9.90 Å². The first-order valence-corrected chi connectivity index (χ1v) is 7.38. The molecule has 1 aliphatic heterocycles. The molecule has 4 heteroatoms. The minimum Gasteiger partial charge on any atom is -0.480 e. The smallest absolute Gasteiger partial charge is 0.320 e. The molecule has 0 bridgehead atoms. The van der Waals surface area contributed by atoms with Gasteiger partial charge in [0.05, 0.1) is 0 Å². The van der Waals surface area contributed by atoms with Crippen molar-refractivity contribution in [2.45, 2.75) is 37.2 Å². The Morgan fingerprint density at radius 1 is 1.56 bits per heavy atom. The normalized spacial score (nSPS) is 20.2. The van der Waals surface area contributed by atoms with Crippen molar-refractivity contribution in [3.05, 3.63) is 29.8 Å². The van der Waals surface area contributed by atoms with E-state index in [4.69, 9.17) is 5.11 Å². The van der Waals surface area contributed by atoms with Gasteiger partial charge in [-0.2, -0.15) is 0 Å². The van der Waals surface area contributed by atoms with Crippen LogP contribution in [0.5, 0.6) is 0 Å². The molecule has 0 saturated carbocycles. The molecule has 1 fully saturated rings. The molecule has 0 spiro atoms. The summed E-state index contributed by atoms with van der Waals surface area (Å²) in [7, 11) is 0. The summed E-state index contributed by atoms with van der Waals surface area (Å²) in [4.78, 5) is 14.5. The maximum atomic E-state index is 11.1. The number of carbonyl (C=O) groups is 1. The van der Waals surface area contributed by atoms with Crippen LogP contribution in [0.25, 0.3) is 0 Å². The maximum Gasteiger partial charge on any atom is 0.320 e. The number of thioether (sulfide) groups is 1. The van der Waals surface area contributed by atoms with Crippen LogP contribution < -0.4 is 0 Å². The van der Waals surface area contributed by atoms with Gasteiger partial charge in [-0.3, -0.25) is 9.69 Å². The molecule has 1 aromatic rings. The van der Waals surface area contributed by atoms with Crippen LogP contribution in [0.4, 0.5) is 0 Å². The van der Waals surface area contributed by atoms with Gasteiger partial charge in [0, 0.05) is 11.4 Å². The number of likely N-dealkylation sites (tertiary alicyclic amines) is 1. The van der Waals surface area contributed by atoms with E-state index >= 15 is 0 Å². The fraction of sp³-hybridized carbons (Fsp3) is 0.500. The third-order valence-corrected chi connectivity index (χ3v) is 4.12. The van der Waals surface area contributed by atoms with E-state index < -0.39 is 5.97 Å². The quantitative estimate of drug-likeness (QED) is 0.831. The van der Waals surface area contributed by atoms with Gasteiger partial charge in [-0.05, 0) is 42.8 Å². The second-order valence-electron chi connectivity index (χ2n) is 4.55. The van der Waals surface area contributed by atoms with Crippen LogP contribution in [0, 0.1) is 0 Å². The fourth-order valence-electron chi connectivity index (χ4n) is 2.43. The standard InChI is InChI=1S/C14H19NO2S/c1-2-18-12-6-3-5-11(9-12)10-15-8-4-7-13(15)14(16)17/h3,5-6,9,13H,2,4,7-8,10H2,1H3,(H,16,17)/t13-/m0/s1. The molecule has 0 aliphatic carbocycles. The second kappa shape index (κ2) is 6.25. The van der Waals surface area contributed by atoms with Crippen molar-refractivity contribution in [2.24, 2.45) is 0 Å². The highest BCUT2D eigenvalue weighted by Crippen LogP contribution is 2.23. The molecule has 0 radical (unpaired) electrons. The highest BCUT2D eigenvalue weighted by molar-refractivity contribution is 7.99. The zero-order valence-electron chi connectivity index (χ0n) is 10.6. The van der Waals surface area contributed by atoms with E-state index in [1.165, 1.54) is 10.5 Å². The molecule has 1 aliphatic rings. The number of carboxylic acid groups (broad SMARTS) is 1. The van der Waals surface area contributed by atoms with Crippen LogP contribution >= 0.6 is 11.8 Å². The van der Waals surface area contributed by atoms with E-state index in [0.717, 1.165) is 31.7 Å². The molecule has 18 heavy (non-hydrogen) atoms. The van der Waals surface area contributed by atoms with E-state index in [9.17, 15) is 4.79 Å². The minimum atomic E-state index is -0.688. The molecule has 0 aromatic heterocycles. The summed E-state index contributed by atoms with van der Waals surface area (Å²) in [5.74, 6) is 0.372. The number of nitrogens with zero attached hydrogens (tertiary/aromatic N) is 1. The van der Waals surface area contributed by atoms with Crippen molar-refractivity contribution in [3.8, 4) is 0 Å². The van der Waals surface area contributed by atoms with Crippen molar-refractivity contribution in [1.82, 2.24) is 4.90 Å². The molecule has 98 valence electrons. The average Bonchev–Trinajstić information content (AvgIpc) is 2.78. The van der Waals surface area contributed by atoms with Crippen molar-refractivity contribution in [3.63, 3.8) is 0 Å². The van der Waals surface area contributed by atoms with Gasteiger partial charge in [0.1, 0.15) is 6.04 Å². The Bertz CT molecular complexity index is 422. The largest absolute Gasteiger partial charge is 0.480 e. The van der Waals surface area contributed by atoms with Crippen LogP contribution in [0.3, 0.4) is 0 Å². The number of hydrogen-bond donors (Lipinski definition) is 1. The molecule has 3 nitrogen and oxygen atoms in total. The number of aliphatic carboxylic acids is 1. The molecular formula is C14H19NO2S. The topological polar surface area (TPSA) is 40.5 Å². The van der Waals surface area contributed by atoms with Crippen molar-refractivity contribution >= 4 is 17.7 Å². The predicted octanol–water partition coefficient (Wildman–Crippen LogP) is 2.85. The third kappa shape index (κ3) is 3.27. The predicted molar refractivity (Wildman–Crippen MR) is 73.9 cm³/mol. The van der Waals surface area contributed by atoms with Gasteiger partial charge in [0.15, 0.2) is 0 Å². The van der Waals surface area contributed by atoms with Gasteiger partial charge in [-0.25, -0.2) is 0 Å². The Hall–Kier alpha value is -1.00. The van der Waals surface area contributed by atoms with Gasteiger partial charge in [0.25, 0.3) is 0 Å². The summed E-state index contributed by atoms with van der Waals surface area (Å²) in [5, 5.41) is 9.15. The minimum absolute atomic E-state index is 0.299. The molecular weight excluding hydrogens is 246 g/mol. The number of carboxylic acids is 1. The SMILES string of the molecule is CCSc1cccc(CN2CCC[C@H]2C(=O)O)c1. The van der Waals surface area contributed by atoms with Crippen LogP contribution in [0.1, 0.15) is 25.3 Å². The van der Waals surface area contributed by atoms with Gasteiger partial charge < -0.3 is 5.11 Å². The lowest BCUT2D eigenvalue weighted by Crippen LogP contribution is -2.35. The third-order valence-electron chi connectivity index (χ3n) is 3.24. The number of benzene rings is 1. The Labute approximate surface area is 112 Å². The molecule has 1 aromatic carbocycles. The summed E-state index contributed by atoms with van der Waals surface area (Å²) in [6.45, 7) is 3.77. The highest BCUT2D eigenvalue weighted by Gasteiger charge is 2.30. The molecule has 0 unspecified atom stereocenters. The average molecular weight is 265 g/mol. The zero-order valence-corrected chi connectivity index (χ0v) is 11.4.